The van der Waals surface area contributed by atoms with Crippen LogP contribution in [0.4, 0.5) is 4.39 Å². The summed E-state index contributed by atoms with van der Waals surface area (Å²) in [6.07, 6.45) is 2.07. The highest BCUT2D eigenvalue weighted by molar-refractivity contribution is 6.30. The van der Waals surface area contributed by atoms with Gasteiger partial charge in [-0.2, -0.15) is 0 Å². The van der Waals surface area contributed by atoms with Crippen LogP contribution in [0.2, 0.25) is 5.02 Å². The Morgan fingerprint density at radius 3 is 2.71 bits per heavy atom. The average Bonchev–Trinajstić information content (AvgIpc) is 2.93. The van der Waals surface area contributed by atoms with Crippen LogP contribution in [0.1, 0.15) is 24.4 Å². The van der Waals surface area contributed by atoms with Gasteiger partial charge in [0.05, 0.1) is 0 Å². The largest absolute Gasteiger partial charge is 0.505 e. The second-order valence-corrected chi connectivity index (χ2v) is 4.13. The molecule has 0 amide bonds. The normalized spacial score (nSPS) is 18.2. The molecule has 2 rings (SSSR count). The molecule has 76 valence electrons. The Balaban J connectivity index is 2.39. The molecule has 1 fully saturated rings. The first-order valence-electron chi connectivity index (χ1n) is 4.53. The van der Waals surface area contributed by atoms with E-state index in [-0.39, 0.29) is 16.8 Å². The number of hydrogen-bond acceptors (Lipinski definition) is 2. The lowest BCUT2D eigenvalue weighted by Gasteiger charge is -2.13. The highest BCUT2D eigenvalue weighted by Gasteiger charge is 2.31. The summed E-state index contributed by atoms with van der Waals surface area (Å²) < 4.78 is 13.1. The van der Waals surface area contributed by atoms with Gasteiger partial charge in [-0.1, -0.05) is 11.6 Å². The standard InChI is InChI=1S/C10H11ClFNO/c11-6-3-7(9(13)5-1-2-5)10(14)8(12)4-6/h3-5,9,14H,1-2,13H2/t9-/m1/s1. The Bertz CT molecular complexity index is 365. The quantitative estimate of drug-likeness (QED) is 0.797. The van der Waals surface area contributed by atoms with Gasteiger partial charge in [-0.05, 0) is 30.9 Å². The summed E-state index contributed by atoms with van der Waals surface area (Å²) in [4.78, 5) is 0. The van der Waals surface area contributed by atoms with Gasteiger partial charge in [0.1, 0.15) is 0 Å². The molecule has 1 aromatic carbocycles. The molecule has 2 nitrogen and oxygen atoms in total. The summed E-state index contributed by atoms with van der Waals surface area (Å²) in [6, 6.07) is 2.31. The van der Waals surface area contributed by atoms with E-state index in [1.807, 2.05) is 0 Å². The van der Waals surface area contributed by atoms with Crippen molar-refractivity contribution >= 4 is 11.6 Å². The lowest BCUT2D eigenvalue weighted by molar-refractivity contribution is 0.417. The third-order valence-electron chi connectivity index (χ3n) is 2.55. The van der Waals surface area contributed by atoms with Crippen LogP contribution in [0.3, 0.4) is 0 Å². The molecule has 1 aromatic rings. The van der Waals surface area contributed by atoms with Gasteiger partial charge in [-0.25, -0.2) is 4.39 Å². The summed E-state index contributed by atoms with van der Waals surface area (Å²) in [7, 11) is 0. The molecule has 0 bridgehead atoms. The second kappa shape index (κ2) is 3.41. The van der Waals surface area contributed by atoms with E-state index in [1.54, 1.807) is 0 Å². The highest BCUT2D eigenvalue weighted by Crippen LogP contribution is 2.43. The molecule has 0 aromatic heterocycles. The lowest BCUT2D eigenvalue weighted by atomic mass is 10.0. The Kier molecular flexibility index (Phi) is 2.37. The molecule has 3 N–H and O–H groups in total. The van der Waals surface area contributed by atoms with E-state index in [1.165, 1.54) is 6.07 Å². The van der Waals surface area contributed by atoms with E-state index in [2.05, 4.69) is 0 Å². The van der Waals surface area contributed by atoms with Crippen LogP contribution in [0.25, 0.3) is 0 Å². The Labute approximate surface area is 86.5 Å². The molecule has 1 aliphatic carbocycles. The fourth-order valence-corrected chi connectivity index (χ4v) is 1.76. The number of rotatable bonds is 2. The Hall–Kier alpha value is -0.800. The molecule has 0 spiro atoms. The van der Waals surface area contributed by atoms with Crippen LogP contribution in [0.15, 0.2) is 12.1 Å². The zero-order valence-corrected chi connectivity index (χ0v) is 8.26. The molecule has 0 aliphatic heterocycles. The van der Waals surface area contributed by atoms with Gasteiger partial charge in [0.15, 0.2) is 11.6 Å². The number of halogens is 2. The number of nitrogens with two attached hydrogens (primary N) is 1. The van der Waals surface area contributed by atoms with Gasteiger partial charge in [0.2, 0.25) is 0 Å². The maximum absolute atomic E-state index is 13.1. The number of benzene rings is 1. The molecular formula is C10H11ClFNO. The van der Waals surface area contributed by atoms with Crippen LogP contribution < -0.4 is 5.73 Å². The minimum atomic E-state index is -0.705. The van der Waals surface area contributed by atoms with Crippen molar-refractivity contribution in [3.8, 4) is 5.75 Å². The number of aromatic hydroxyl groups is 1. The fourth-order valence-electron chi connectivity index (χ4n) is 1.55. The van der Waals surface area contributed by atoms with E-state index >= 15 is 0 Å². The Morgan fingerprint density at radius 1 is 1.50 bits per heavy atom. The topological polar surface area (TPSA) is 46.2 Å². The molecular weight excluding hydrogens is 205 g/mol. The molecule has 1 saturated carbocycles. The van der Waals surface area contributed by atoms with Gasteiger partial charge in [-0.3, -0.25) is 0 Å². The van der Waals surface area contributed by atoms with E-state index in [0.29, 0.717) is 11.5 Å². The Morgan fingerprint density at radius 2 is 2.14 bits per heavy atom. The smallest absolute Gasteiger partial charge is 0.166 e. The van der Waals surface area contributed by atoms with Crippen molar-refractivity contribution in [2.24, 2.45) is 11.7 Å². The summed E-state index contributed by atoms with van der Waals surface area (Å²) in [5, 5.41) is 9.73. The van der Waals surface area contributed by atoms with Gasteiger partial charge in [0.25, 0.3) is 0 Å². The minimum Gasteiger partial charge on any atom is -0.505 e. The monoisotopic (exact) mass is 215 g/mol. The number of phenols is 1. The van der Waals surface area contributed by atoms with E-state index in [4.69, 9.17) is 17.3 Å². The third-order valence-corrected chi connectivity index (χ3v) is 2.76. The second-order valence-electron chi connectivity index (χ2n) is 3.69. The van der Waals surface area contributed by atoms with Crippen molar-refractivity contribution in [2.75, 3.05) is 0 Å². The molecule has 0 radical (unpaired) electrons. The summed E-state index contributed by atoms with van der Waals surface area (Å²) >= 11 is 5.68. The highest BCUT2D eigenvalue weighted by atomic mass is 35.5. The minimum absolute atomic E-state index is 0.270. The first-order valence-corrected chi connectivity index (χ1v) is 4.91. The maximum atomic E-state index is 13.1. The molecule has 0 unspecified atom stereocenters. The van der Waals surface area contributed by atoms with Gasteiger partial charge >= 0.3 is 0 Å². The first kappa shape index (κ1) is 9.74. The lowest BCUT2D eigenvalue weighted by Crippen LogP contribution is -2.12. The van der Waals surface area contributed by atoms with Crippen molar-refractivity contribution < 1.29 is 9.50 Å². The van der Waals surface area contributed by atoms with Crippen LogP contribution in [-0.4, -0.2) is 5.11 Å². The molecule has 14 heavy (non-hydrogen) atoms. The van der Waals surface area contributed by atoms with Crippen LogP contribution in [-0.2, 0) is 0 Å². The first-order chi connectivity index (χ1) is 6.59. The fraction of sp³-hybridized carbons (Fsp3) is 0.400. The van der Waals surface area contributed by atoms with Crippen LogP contribution in [0, 0.1) is 11.7 Å². The predicted molar refractivity (Wildman–Crippen MR) is 52.7 cm³/mol. The van der Waals surface area contributed by atoms with E-state index in [9.17, 15) is 9.50 Å². The van der Waals surface area contributed by atoms with Crippen molar-refractivity contribution in [3.05, 3.63) is 28.5 Å². The molecule has 1 aliphatic rings. The van der Waals surface area contributed by atoms with Gasteiger partial charge in [0, 0.05) is 16.6 Å². The molecule has 4 heteroatoms. The van der Waals surface area contributed by atoms with Crippen LogP contribution in [0.5, 0.6) is 5.75 Å². The van der Waals surface area contributed by atoms with E-state index < -0.39 is 5.82 Å². The zero-order chi connectivity index (χ0) is 10.3. The van der Waals surface area contributed by atoms with Crippen molar-refractivity contribution in [1.82, 2.24) is 0 Å². The maximum Gasteiger partial charge on any atom is 0.166 e. The predicted octanol–water partition coefficient (Wildman–Crippen LogP) is 2.59. The van der Waals surface area contributed by atoms with E-state index in [0.717, 1.165) is 18.9 Å². The summed E-state index contributed by atoms with van der Waals surface area (Å²) in [6.45, 7) is 0. The average molecular weight is 216 g/mol. The number of hydrogen-bond donors (Lipinski definition) is 2. The SMILES string of the molecule is N[C@@H](c1cc(Cl)cc(F)c1O)C1CC1. The van der Waals surface area contributed by atoms with Crippen molar-refractivity contribution in [1.29, 1.82) is 0 Å². The molecule has 1 atom stereocenters. The van der Waals surface area contributed by atoms with Crippen molar-refractivity contribution in [3.63, 3.8) is 0 Å². The van der Waals surface area contributed by atoms with Gasteiger partial charge in [-0.15, -0.1) is 0 Å². The third kappa shape index (κ3) is 1.70. The summed E-state index contributed by atoms with van der Waals surface area (Å²) in [5.74, 6) is -0.712. The zero-order valence-electron chi connectivity index (χ0n) is 7.50. The molecule has 0 saturated heterocycles. The van der Waals surface area contributed by atoms with Gasteiger partial charge < -0.3 is 10.8 Å². The number of phenolic OH excluding ortho intramolecular Hbond substituents is 1. The summed E-state index contributed by atoms with van der Waals surface area (Å²) in [5.41, 5.74) is 6.27. The van der Waals surface area contributed by atoms with Crippen molar-refractivity contribution in [2.45, 2.75) is 18.9 Å². The van der Waals surface area contributed by atoms with Crippen LogP contribution >= 0.6 is 11.6 Å². The molecule has 0 heterocycles.